The van der Waals surface area contributed by atoms with Crippen LogP contribution in [0.2, 0.25) is 5.15 Å². The minimum atomic E-state index is -0.457. The molecule has 0 spiro atoms. The van der Waals surface area contributed by atoms with Crippen molar-refractivity contribution in [3.05, 3.63) is 23.4 Å². The summed E-state index contributed by atoms with van der Waals surface area (Å²) in [7, 11) is 1.29. The van der Waals surface area contributed by atoms with Crippen LogP contribution in [0.3, 0.4) is 0 Å². The second kappa shape index (κ2) is 4.67. The van der Waals surface area contributed by atoms with Gasteiger partial charge in [0.25, 0.3) is 0 Å². The Hall–Kier alpha value is -1.29. The van der Waals surface area contributed by atoms with Crippen LogP contribution < -0.4 is 4.74 Å². The second-order valence-electron chi connectivity index (χ2n) is 2.16. The molecule has 1 rings (SSSR count). The van der Waals surface area contributed by atoms with Gasteiger partial charge in [-0.3, -0.25) is 0 Å². The van der Waals surface area contributed by atoms with E-state index in [9.17, 15) is 4.79 Å². The van der Waals surface area contributed by atoms with E-state index in [1.807, 2.05) is 0 Å². The molecule has 0 aliphatic carbocycles. The first-order valence-electron chi connectivity index (χ1n) is 3.54. The lowest BCUT2D eigenvalue weighted by Crippen LogP contribution is -2.13. The monoisotopic (exact) mass is 201 g/mol. The third kappa shape index (κ3) is 3.29. The van der Waals surface area contributed by atoms with Gasteiger partial charge in [0.15, 0.2) is 6.61 Å². The molecule has 70 valence electrons. The van der Waals surface area contributed by atoms with Crippen molar-refractivity contribution < 1.29 is 14.3 Å². The normalized spacial score (nSPS) is 9.38. The van der Waals surface area contributed by atoms with Crippen LogP contribution in [0.4, 0.5) is 0 Å². The smallest absolute Gasteiger partial charge is 0.343 e. The highest BCUT2D eigenvalue weighted by molar-refractivity contribution is 6.29. The maximum Gasteiger partial charge on any atom is 0.343 e. The topological polar surface area (TPSA) is 48.4 Å². The first-order valence-corrected chi connectivity index (χ1v) is 3.92. The summed E-state index contributed by atoms with van der Waals surface area (Å²) in [5.41, 5.74) is 0. The highest BCUT2D eigenvalue weighted by atomic mass is 35.5. The maximum atomic E-state index is 10.7. The molecule has 0 bridgehead atoms. The Morgan fingerprint density at radius 3 is 3.00 bits per heavy atom. The minimum Gasteiger partial charge on any atom is -0.466 e. The SMILES string of the molecule is COC(=O)COc1cccc(Cl)n1. The number of halogens is 1. The lowest BCUT2D eigenvalue weighted by atomic mass is 10.5. The molecule has 5 heteroatoms. The van der Waals surface area contributed by atoms with Crippen molar-refractivity contribution in [3.8, 4) is 5.88 Å². The Labute approximate surface area is 80.4 Å². The average molecular weight is 202 g/mol. The zero-order chi connectivity index (χ0) is 9.68. The van der Waals surface area contributed by atoms with Gasteiger partial charge < -0.3 is 9.47 Å². The van der Waals surface area contributed by atoms with Crippen LogP contribution in [0.1, 0.15) is 0 Å². The second-order valence-corrected chi connectivity index (χ2v) is 2.55. The predicted octanol–water partition coefficient (Wildman–Crippen LogP) is 1.29. The van der Waals surface area contributed by atoms with E-state index >= 15 is 0 Å². The molecule has 1 heterocycles. The number of hydrogen-bond acceptors (Lipinski definition) is 4. The number of aromatic nitrogens is 1. The lowest BCUT2D eigenvalue weighted by molar-refractivity contribution is -0.143. The zero-order valence-corrected chi connectivity index (χ0v) is 7.75. The largest absolute Gasteiger partial charge is 0.466 e. The van der Waals surface area contributed by atoms with Gasteiger partial charge in [0.1, 0.15) is 5.15 Å². The molecule has 0 fully saturated rings. The van der Waals surface area contributed by atoms with Crippen LogP contribution in [-0.2, 0) is 9.53 Å². The molecule has 0 unspecified atom stereocenters. The van der Waals surface area contributed by atoms with Crippen molar-refractivity contribution in [2.24, 2.45) is 0 Å². The van der Waals surface area contributed by atoms with Crippen molar-refractivity contribution in [2.75, 3.05) is 13.7 Å². The van der Waals surface area contributed by atoms with E-state index < -0.39 is 5.97 Å². The first kappa shape index (κ1) is 9.80. The van der Waals surface area contributed by atoms with Crippen LogP contribution in [0.5, 0.6) is 5.88 Å². The van der Waals surface area contributed by atoms with Gasteiger partial charge in [0.2, 0.25) is 5.88 Å². The van der Waals surface area contributed by atoms with Crippen molar-refractivity contribution in [1.82, 2.24) is 4.98 Å². The Morgan fingerprint density at radius 2 is 2.38 bits per heavy atom. The van der Waals surface area contributed by atoms with Gasteiger partial charge in [0.05, 0.1) is 7.11 Å². The lowest BCUT2D eigenvalue weighted by Gasteiger charge is -2.02. The fraction of sp³-hybridized carbons (Fsp3) is 0.250. The molecular formula is C8H8ClNO3. The number of carbonyl (C=O) groups excluding carboxylic acids is 1. The fourth-order valence-corrected chi connectivity index (χ4v) is 0.818. The van der Waals surface area contributed by atoms with E-state index in [2.05, 4.69) is 9.72 Å². The van der Waals surface area contributed by atoms with Gasteiger partial charge in [-0.05, 0) is 6.07 Å². The number of rotatable bonds is 3. The summed E-state index contributed by atoms with van der Waals surface area (Å²) in [4.78, 5) is 14.5. The van der Waals surface area contributed by atoms with Gasteiger partial charge in [-0.2, -0.15) is 0 Å². The molecule has 0 atom stereocenters. The molecule has 4 nitrogen and oxygen atoms in total. The Kier molecular flexibility index (Phi) is 3.52. The van der Waals surface area contributed by atoms with E-state index in [1.54, 1.807) is 18.2 Å². The fourth-order valence-electron chi connectivity index (χ4n) is 0.662. The third-order valence-electron chi connectivity index (χ3n) is 1.26. The number of ether oxygens (including phenoxy) is 2. The first-order chi connectivity index (χ1) is 6.22. The summed E-state index contributed by atoms with van der Waals surface area (Å²) in [5, 5.41) is 0.322. The molecule has 0 N–H and O–H groups in total. The van der Waals surface area contributed by atoms with Crippen LogP contribution >= 0.6 is 11.6 Å². The minimum absolute atomic E-state index is 0.163. The van der Waals surface area contributed by atoms with Crippen LogP contribution in [0.15, 0.2) is 18.2 Å². The van der Waals surface area contributed by atoms with Crippen molar-refractivity contribution in [3.63, 3.8) is 0 Å². The van der Waals surface area contributed by atoms with Crippen molar-refractivity contribution in [2.45, 2.75) is 0 Å². The summed E-state index contributed by atoms with van der Waals surface area (Å²) in [6, 6.07) is 4.91. The highest BCUT2D eigenvalue weighted by Crippen LogP contribution is 2.10. The third-order valence-corrected chi connectivity index (χ3v) is 1.47. The molecular weight excluding hydrogens is 194 g/mol. The highest BCUT2D eigenvalue weighted by Gasteiger charge is 2.02. The zero-order valence-electron chi connectivity index (χ0n) is 6.99. The summed E-state index contributed by atoms with van der Waals surface area (Å²) in [5.74, 6) is -0.153. The summed E-state index contributed by atoms with van der Waals surface area (Å²) in [6.45, 7) is -0.163. The van der Waals surface area contributed by atoms with E-state index in [4.69, 9.17) is 16.3 Å². The quantitative estimate of drug-likeness (QED) is 0.546. The molecule has 1 aromatic heterocycles. The van der Waals surface area contributed by atoms with Gasteiger partial charge >= 0.3 is 5.97 Å². The number of pyridine rings is 1. The van der Waals surface area contributed by atoms with Gasteiger partial charge in [-0.25, -0.2) is 9.78 Å². The van der Waals surface area contributed by atoms with Crippen molar-refractivity contribution >= 4 is 17.6 Å². The van der Waals surface area contributed by atoms with E-state index in [-0.39, 0.29) is 6.61 Å². The molecule has 0 saturated heterocycles. The van der Waals surface area contributed by atoms with Crippen molar-refractivity contribution in [1.29, 1.82) is 0 Å². The van der Waals surface area contributed by atoms with E-state index in [1.165, 1.54) is 7.11 Å². The Balaban J connectivity index is 2.50. The number of methoxy groups -OCH3 is 1. The Bertz CT molecular complexity index is 303. The number of hydrogen-bond donors (Lipinski definition) is 0. The molecule has 0 aromatic carbocycles. The van der Waals surface area contributed by atoms with Crippen LogP contribution in [-0.4, -0.2) is 24.7 Å². The standard InChI is InChI=1S/C8H8ClNO3/c1-12-8(11)5-13-7-4-2-3-6(9)10-7/h2-4H,5H2,1H3. The van der Waals surface area contributed by atoms with E-state index in [0.717, 1.165) is 0 Å². The Morgan fingerprint density at radius 1 is 1.62 bits per heavy atom. The van der Waals surface area contributed by atoms with E-state index in [0.29, 0.717) is 11.0 Å². The number of esters is 1. The summed E-state index contributed by atoms with van der Waals surface area (Å²) < 4.78 is 9.35. The molecule has 0 aliphatic heterocycles. The average Bonchev–Trinajstić information content (AvgIpc) is 2.14. The summed E-state index contributed by atoms with van der Waals surface area (Å²) in [6.07, 6.45) is 0. The predicted molar refractivity (Wildman–Crippen MR) is 46.8 cm³/mol. The molecule has 0 amide bonds. The van der Waals surface area contributed by atoms with Gasteiger partial charge in [-0.1, -0.05) is 17.7 Å². The van der Waals surface area contributed by atoms with Gasteiger partial charge in [-0.15, -0.1) is 0 Å². The number of carbonyl (C=O) groups is 1. The van der Waals surface area contributed by atoms with Crippen LogP contribution in [0.25, 0.3) is 0 Å². The molecule has 0 aliphatic rings. The molecule has 0 radical (unpaired) electrons. The number of nitrogens with zero attached hydrogens (tertiary/aromatic N) is 1. The maximum absolute atomic E-state index is 10.7. The van der Waals surface area contributed by atoms with Gasteiger partial charge in [0, 0.05) is 6.07 Å². The molecule has 0 saturated carbocycles. The van der Waals surface area contributed by atoms with Crippen LogP contribution in [0, 0.1) is 0 Å². The summed E-state index contributed by atoms with van der Waals surface area (Å²) >= 11 is 5.59. The molecule has 1 aromatic rings. The molecule has 13 heavy (non-hydrogen) atoms.